The molecule has 0 spiro atoms. The Morgan fingerprint density at radius 1 is 0.944 bits per heavy atom. The number of benzene rings is 2. The van der Waals surface area contributed by atoms with Gasteiger partial charge in [-0.25, -0.2) is 0 Å². The Kier molecular flexibility index (Phi) is 3.29. The van der Waals surface area contributed by atoms with Crippen molar-refractivity contribution in [3.63, 3.8) is 0 Å². The average molecular weight is 293 g/mol. The van der Waals surface area contributed by atoms with E-state index in [4.69, 9.17) is 23.2 Å². The van der Waals surface area contributed by atoms with E-state index in [0.29, 0.717) is 0 Å². The molecule has 0 aliphatic heterocycles. The summed E-state index contributed by atoms with van der Waals surface area (Å²) in [5, 5.41) is 3.98. The molecule has 0 amide bonds. The molecule has 0 aliphatic carbocycles. The molecule has 1 heterocycles. The van der Waals surface area contributed by atoms with Gasteiger partial charge in [-0.3, -0.25) is 0 Å². The van der Waals surface area contributed by atoms with E-state index in [-0.39, 0.29) is 5.38 Å². The monoisotopic (exact) mass is 292 g/mol. The molecule has 1 atom stereocenters. The first-order valence-electron chi connectivity index (χ1n) is 5.61. The molecule has 0 fully saturated rings. The lowest BCUT2D eigenvalue weighted by Crippen LogP contribution is -1.91. The van der Waals surface area contributed by atoms with Gasteiger partial charge < -0.3 is 0 Å². The van der Waals surface area contributed by atoms with Gasteiger partial charge in [0.2, 0.25) is 0 Å². The largest absolute Gasteiger partial charge is 0.143 e. The van der Waals surface area contributed by atoms with Gasteiger partial charge in [-0.2, -0.15) is 0 Å². The van der Waals surface area contributed by atoms with Crippen LogP contribution in [0.3, 0.4) is 0 Å². The molecule has 0 nitrogen and oxygen atoms in total. The zero-order valence-corrected chi connectivity index (χ0v) is 11.8. The molecule has 18 heavy (non-hydrogen) atoms. The molecule has 3 heteroatoms. The smallest absolute Gasteiger partial charge is 0.0849 e. The Morgan fingerprint density at radius 3 is 2.44 bits per heavy atom. The van der Waals surface area contributed by atoms with Crippen molar-refractivity contribution < 1.29 is 0 Å². The molecule has 0 radical (unpaired) electrons. The SMILES string of the molecule is Clc1ccc(C(Cl)c2csc3ccccc23)cc1. The predicted molar refractivity (Wildman–Crippen MR) is 81.0 cm³/mol. The fourth-order valence-electron chi connectivity index (χ4n) is 2.01. The normalized spacial score (nSPS) is 12.8. The average Bonchev–Trinajstić information content (AvgIpc) is 2.82. The minimum atomic E-state index is -0.126. The predicted octanol–water partition coefficient (Wildman–Crippen LogP) is 5.88. The molecule has 0 saturated heterocycles. The highest BCUT2D eigenvalue weighted by Crippen LogP contribution is 2.37. The lowest BCUT2D eigenvalue weighted by atomic mass is 10.0. The van der Waals surface area contributed by atoms with Crippen LogP contribution in [0, 0.1) is 0 Å². The van der Waals surface area contributed by atoms with Crippen molar-refractivity contribution in [2.45, 2.75) is 5.38 Å². The van der Waals surface area contributed by atoms with Gasteiger partial charge in [0.15, 0.2) is 0 Å². The van der Waals surface area contributed by atoms with Crippen molar-refractivity contribution in [1.82, 2.24) is 0 Å². The minimum Gasteiger partial charge on any atom is -0.143 e. The van der Waals surface area contributed by atoms with E-state index >= 15 is 0 Å². The molecular weight excluding hydrogens is 283 g/mol. The standard InChI is InChI=1S/C15H10Cl2S/c16-11-7-5-10(6-8-11)15(17)13-9-18-14-4-2-1-3-12(13)14/h1-9,15H. The van der Waals surface area contributed by atoms with Crippen molar-refractivity contribution >= 4 is 44.6 Å². The van der Waals surface area contributed by atoms with Gasteiger partial charge in [0, 0.05) is 9.72 Å². The van der Waals surface area contributed by atoms with E-state index in [1.807, 2.05) is 36.4 Å². The van der Waals surface area contributed by atoms with Gasteiger partial charge in [0.1, 0.15) is 0 Å². The van der Waals surface area contributed by atoms with Crippen LogP contribution >= 0.6 is 34.5 Å². The maximum atomic E-state index is 6.57. The molecular formula is C15H10Cl2S. The number of fused-ring (bicyclic) bond motifs is 1. The van der Waals surface area contributed by atoms with E-state index in [1.54, 1.807) is 11.3 Å². The van der Waals surface area contributed by atoms with Crippen molar-refractivity contribution in [3.05, 3.63) is 70.1 Å². The second-order valence-electron chi connectivity index (χ2n) is 4.10. The highest BCUT2D eigenvalue weighted by Gasteiger charge is 2.14. The number of hydrogen-bond donors (Lipinski definition) is 0. The Hall–Kier alpha value is -1.02. The summed E-state index contributed by atoms with van der Waals surface area (Å²) in [7, 11) is 0. The maximum absolute atomic E-state index is 6.57. The van der Waals surface area contributed by atoms with Crippen LogP contribution < -0.4 is 0 Å². The Balaban J connectivity index is 2.06. The summed E-state index contributed by atoms with van der Waals surface area (Å²) in [5.41, 5.74) is 2.24. The molecule has 0 bridgehead atoms. The molecule has 2 aromatic carbocycles. The number of rotatable bonds is 2. The van der Waals surface area contributed by atoms with Gasteiger partial charge in [-0.1, -0.05) is 41.9 Å². The molecule has 0 saturated carbocycles. The van der Waals surface area contributed by atoms with Gasteiger partial charge in [0.05, 0.1) is 5.38 Å². The second kappa shape index (κ2) is 4.93. The van der Waals surface area contributed by atoms with Crippen LogP contribution in [0.5, 0.6) is 0 Å². The van der Waals surface area contributed by atoms with Crippen LogP contribution in [0.25, 0.3) is 10.1 Å². The van der Waals surface area contributed by atoms with Crippen molar-refractivity contribution in [2.75, 3.05) is 0 Å². The zero-order valence-electron chi connectivity index (χ0n) is 9.44. The molecule has 3 aromatic rings. The molecule has 3 rings (SSSR count). The first-order valence-corrected chi connectivity index (χ1v) is 7.31. The summed E-state index contributed by atoms with van der Waals surface area (Å²) in [6.45, 7) is 0. The van der Waals surface area contributed by atoms with E-state index in [9.17, 15) is 0 Å². The third-order valence-electron chi connectivity index (χ3n) is 2.95. The van der Waals surface area contributed by atoms with Crippen LogP contribution in [0.15, 0.2) is 53.9 Å². The number of thiophene rings is 1. The highest BCUT2D eigenvalue weighted by atomic mass is 35.5. The summed E-state index contributed by atoms with van der Waals surface area (Å²) in [5.74, 6) is 0. The summed E-state index contributed by atoms with van der Waals surface area (Å²) >= 11 is 14.2. The van der Waals surface area contributed by atoms with Crippen molar-refractivity contribution in [3.8, 4) is 0 Å². The number of halogens is 2. The summed E-state index contributed by atoms with van der Waals surface area (Å²) < 4.78 is 1.27. The van der Waals surface area contributed by atoms with E-state index in [1.165, 1.54) is 15.6 Å². The third kappa shape index (κ3) is 2.14. The Morgan fingerprint density at radius 2 is 1.67 bits per heavy atom. The van der Waals surface area contributed by atoms with Crippen LogP contribution in [-0.4, -0.2) is 0 Å². The molecule has 0 aliphatic rings. The van der Waals surface area contributed by atoms with Crippen molar-refractivity contribution in [2.24, 2.45) is 0 Å². The van der Waals surface area contributed by atoms with Gasteiger partial charge in [-0.15, -0.1) is 22.9 Å². The molecule has 0 N–H and O–H groups in total. The lowest BCUT2D eigenvalue weighted by Gasteiger charge is -2.09. The Labute approximate surface area is 120 Å². The van der Waals surface area contributed by atoms with Gasteiger partial charge in [-0.05, 0) is 40.1 Å². The first-order chi connectivity index (χ1) is 8.75. The summed E-state index contributed by atoms with van der Waals surface area (Å²) in [4.78, 5) is 0. The fraction of sp³-hybridized carbons (Fsp3) is 0.0667. The zero-order chi connectivity index (χ0) is 12.5. The maximum Gasteiger partial charge on any atom is 0.0849 e. The Bertz CT molecular complexity index is 670. The van der Waals surface area contributed by atoms with Crippen LogP contribution in [0.2, 0.25) is 5.02 Å². The molecule has 90 valence electrons. The number of hydrogen-bond acceptors (Lipinski definition) is 1. The minimum absolute atomic E-state index is 0.126. The van der Waals surface area contributed by atoms with E-state index < -0.39 is 0 Å². The molecule has 1 unspecified atom stereocenters. The van der Waals surface area contributed by atoms with Crippen molar-refractivity contribution in [1.29, 1.82) is 0 Å². The van der Waals surface area contributed by atoms with Crippen LogP contribution in [0.1, 0.15) is 16.5 Å². The summed E-state index contributed by atoms with van der Waals surface area (Å²) in [6, 6.07) is 16.0. The van der Waals surface area contributed by atoms with Gasteiger partial charge >= 0.3 is 0 Å². The van der Waals surface area contributed by atoms with Gasteiger partial charge in [0.25, 0.3) is 0 Å². The highest BCUT2D eigenvalue weighted by molar-refractivity contribution is 7.17. The third-order valence-corrected chi connectivity index (χ3v) is 4.67. The first kappa shape index (κ1) is 12.0. The number of alkyl halides is 1. The lowest BCUT2D eigenvalue weighted by molar-refractivity contribution is 1.17. The quantitative estimate of drug-likeness (QED) is 0.517. The van der Waals surface area contributed by atoms with E-state index in [0.717, 1.165) is 10.6 Å². The summed E-state index contributed by atoms with van der Waals surface area (Å²) in [6.07, 6.45) is 0. The topological polar surface area (TPSA) is 0 Å². The van der Waals surface area contributed by atoms with E-state index in [2.05, 4.69) is 17.5 Å². The van der Waals surface area contributed by atoms with Crippen LogP contribution in [0.4, 0.5) is 0 Å². The van der Waals surface area contributed by atoms with Crippen LogP contribution in [-0.2, 0) is 0 Å². The second-order valence-corrected chi connectivity index (χ2v) is 5.89. The fourth-order valence-corrected chi connectivity index (χ4v) is 3.52. The molecule has 1 aromatic heterocycles.